The summed E-state index contributed by atoms with van der Waals surface area (Å²) in [5.41, 5.74) is 2.22. The zero-order chi connectivity index (χ0) is 21.7. The number of hydrogen-bond acceptors (Lipinski definition) is 5. The van der Waals surface area contributed by atoms with Crippen molar-refractivity contribution in [2.75, 3.05) is 27.3 Å². The summed E-state index contributed by atoms with van der Waals surface area (Å²) in [6.45, 7) is 6.73. The summed E-state index contributed by atoms with van der Waals surface area (Å²) in [4.78, 5) is 27.2. The lowest BCUT2D eigenvalue weighted by molar-refractivity contribution is 0.0695. The maximum Gasteiger partial charge on any atom is 0.287 e. The molecule has 7 heteroatoms. The van der Waals surface area contributed by atoms with Crippen LogP contribution in [0, 0.1) is 6.92 Å². The maximum atomic E-state index is 13.1. The average molecular weight is 412 g/mol. The van der Waals surface area contributed by atoms with E-state index in [1.807, 2.05) is 13.0 Å². The summed E-state index contributed by atoms with van der Waals surface area (Å²) >= 11 is 0. The number of carbonyl (C=O) groups excluding carboxylic acids is 2. The minimum absolute atomic E-state index is 0.00720. The van der Waals surface area contributed by atoms with Gasteiger partial charge in [0, 0.05) is 35.8 Å². The number of likely N-dealkylation sites (tertiary alicyclic amines) is 1. The van der Waals surface area contributed by atoms with Gasteiger partial charge in [0.15, 0.2) is 17.3 Å². The Kier molecular flexibility index (Phi) is 6.82. The number of ether oxygens (including phenoxy) is 2. The van der Waals surface area contributed by atoms with Crippen LogP contribution in [0.1, 0.15) is 44.9 Å². The van der Waals surface area contributed by atoms with Gasteiger partial charge in [-0.15, -0.1) is 6.58 Å². The molecule has 1 aromatic carbocycles. The van der Waals surface area contributed by atoms with E-state index in [1.165, 1.54) is 6.26 Å². The minimum atomic E-state index is -0.212. The first-order chi connectivity index (χ1) is 14.5. The van der Waals surface area contributed by atoms with E-state index >= 15 is 0 Å². The quantitative estimate of drug-likeness (QED) is 0.705. The molecule has 0 saturated carbocycles. The molecule has 2 heterocycles. The van der Waals surface area contributed by atoms with Crippen molar-refractivity contribution >= 4 is 11.8 Å². The first-order valence-corrected chi connectivity index (χ1v) is 9.98. The predicted octanol–water partition coefficient (Wildman–Crippen LogP) is 3.37. The number of carbonyl (C=O) groups is 2. The van der Waals surface area contributed by atoms with Crippen LogP contribution in [0.4, 0.5) is 0 Å². The highest BCUT2D eigenvalue weighted by atomic mass is 16.5. The molecule has 160 valence electrons. The molecular weight excluding hydrogens is 384 g/mol. The number of aryl methyl sites for hydroxylation is 1. The number of nitrogens with zero attached hydrogens (tertiary/aromatic N) is 1. The Morgan fingerprint density at radius 1 is 1.27 bits per heavy atom. The van der Waals surface area contributed by atoms with Crippen LogP contribution in [0.25, 0.3) is 0 Å². The molecule has 0 atom stereocenters. The fourth-order valence-electron chi connectivity index (χ4n) is 3.74. The topological polar surface area (TPSA) is 81.0 Å². The standard InChI is InChI=1S/C23H28N2O5/c1-5-6-16-13-17(14-19(28-3)21(16)29-4)23(27)25-10-7-18(8-11-25)24-22(26)20-15(2)9-12-30-20/h5,9,12-14,18H,1,6-8,10-11H2,2-4H3,(H,24,26). The van der Waals surface area contributed by atoms with E-state index in [-0.39, 0.29) is 17.9 Å². The van der Waals surface area contributed by atoms with Crippen molar-refractivity contribution in [2.45, 2.75) is 32.2 Å². The molecule has 30 heavy (non-hydrogen) atoms. The molecule has 3 rings (SSSR count). The number of nitrogens with one attached hydrogen (secondary N) is 1. The lowest BCUT2D eigenvalue weighted by Gasteiger charge is -2.32. The molecule has 0 unspecified atom stereocenters. The van der Waals surface area contributed by atoms with E-state index in [9.17, 15) is 9.59 Å². The van der Waals surface area contributed by atoms with Crippen molar-refractivity contribution in [1.82, 2.24) is 10.2 Å². The smallest absolute Gasteiger partial charge is 0.287 e. The highest BCUT2D eigenvalue weighted by Gasteiger charge is 2.27. The van der Waals surface area contributed by atoms with Crippen molar-refractivity contribution in [1.29, 1.82) is 0 Å². The molecule has 1 fully saturated rings. The lowest BCUT2D eigenvalue weighted by atomic mass is 10.0. The van der Waals surface area contributed by atoms with E-state index < -0.39 is 0 Å². The highest BCUT2D eigenvalue weighted by molar-refractivity contribution is 5.95. The van der Waals surface area contributed by atoms with Crippen LogP contribution in [0.5, 0.6) is 11.5 Å². The molecule has 7 nitrogen and oxygen atoms in total. The molecule has 0 bridgehead atoms. The second-order valence-corrected chi connectivity index (χ2v) is 7.34. The van der Waals surface area contributed by atoms with Crippen LogP contribution in [-0.2, 0) is 6.42 Å². The van der Waals surface area contributed by atoms with Crippen molar-refractivity contribution in [3.63, 3.8) is 0 Å². The number of allylic oxidation sites excluding steroid dienone is 1. The van der Waals surface area contributed by atoms with Gasteiger partial charge >= 0.3 is 0 Å². The SMILES string of the molecule is C=CCc1cc(C(=O)N2CCC(NC(=O)c3occc3C)CC2)cc(OC)c1OC. The van der Waals surface area contributed by atoms with E-state index in [0.29, 0.717) is 55.2 Å². The molecule has 1 aliphatic heterocycles. The third-order valence-corrected chi connectivity index (χ3v) is 5.35. The van der Waals surface area contributed by atoms with Crippen LogP contribution in [0.15, 0.2) is 41.5 Å². The average Bonchev–Trinajstić information content (AvgIpc) is 3.19. The predicted molar refractivity (Wildman–Crippen MR) is 113 cm³/mol. The Bertz CT molecular complexity index is 926. The van der Waals surface area contributed by atoms with Gasteiger partial charge in [0.2, 0.25) is 0 Å². The van der Waals surface area contributed by atoms with E-state index in [0.717, 1.165) is 11.1 Å². The summed E-state index contributed by atoms with van der Waals surface area (Å²) in [6, 6.07) is 5.31. The van der Waals surface area contributed by atoms with Gasteiger partial charge in [-0.25, -0.2) is 0 Å². The summed E-state index contributed by atoms with van der Waals surface area (Å²) in [5, 5.41) is 3.00. The molecule has 1 saturated heterocycles. The molecule has 0 aliphatic carbocycles. The summed E-state index contributed by atoms with van der Waals surface area (Å²) in [7, 11) is 3.13. The third kappa shape index (κ3) is 4.50. The fourth-order valence-corrected chi connectivity index (χ4v) is 3.74. The third-order valence-electron chi connectivity index (χ3n) is 5.35. The van der Waals surface area contributed by atoms with Crippen LogP contribution in [0.3, 0.4) is 0 Å². The van der Waals surface area contributed by atoms with Crippen molar-refractivity contribution in [3.05, 3.63) is 59.6 Å². The Balaban J connectivity index is 1.66. The zero-order valence-electron chi connectivity index (χ0n) is 17.7. The van der Waals surface area contributed by atoms with Crippen LogP contribution < -0.4 is 14.8 Å². The second kappa shape index (κ2) is 9.52. The second-order valence-electron chi connectivity index (χ2n) is 7.34. The van der Waals surface area contributed by atoms with Crippen LogP contribution >= 0.6 is 0 Å². The van der Waals surface area contributed by atoms with Gasteiger partial charge < -0.3 is 24.1 Å². The number of amides is 2. The van der Waals surface area contributed by atoms with Crippen LogP contribution in [0.2, 0.25) is 0 Å². The van der Waals surface area contributed by atoms with Crippen molar-refractivity contribution in [3.8, 4) is 11.5 Å². The number of hydrogen-bond donors (Lipinski definition) is 1. The first kappa shape index (κ1) is 21.5. The normalized spacial score (nSPS) is 14.3. The molecule has 1 aromatic heterocycles. The van der Waals surface area contributed by atoms with Gasteiger partial charge in [-0.2, -0.15) is 0 Å². The van der Waals surface area contributed by atoms with E-state index in [2.05, 4.69) is 11.9 Å². The summed E-state index contributed by atoms with van der Waals surface area (Å²) < 4.78 is 16.1. The van der Waals surface area contributed by atoms with Crippen LogP contribution in [-0.4, -0.2) is 50.1 Å². The highest BCUT2D eigenvalue weighted by Crippen LogP contribution is 2.33. The monoisotopic (exact) mass is 412 g/mol. The number of rotatable bonds is 7. The molecule has 1 aliphatic rings. The van der Waals surface area contributed by atoms with Crippen molar-refractivity contribution in [2.24, 2.45) is 0 Å². The van der Waals surface area contributed by atoms with E-state index in [1.54, 1.807) is 37.3 Å². The van der Waals surface area contributed by atoms with Gasteiger partial charge in [-0.05, 0) is 44.4 Å². The molecule has 0 spiro atoms. The Hall–Kier alpha value is -3.22. The van der Waals surface area contributed by atoms with Gasteiger partial charge in [-0.1, -0.05) is 6.08 Å². The van der Waals surface area contributed by atoms with Gasteiger partial charge in [0.1, 0.15) is 0 Å². The van der Waals surface area contributed by atoms with Gasteiger partial charge in [0.25, 0.3) is 11.8 Å². The zero-order valence-corrected chi connectivity index (χ0v) is 17.7. The number of piperidine rings is 1. The van der Waals surface area contributed by atoms with Gasteiger partial charge in [0.05, 0.1) is 20.5 Å². The maximum absolute atomic E-state index is 13.1. The Morgan fingerprint density at radius 3 is 2.57 bits per heavy atom. The number of furan rings is 1. The molecule has 2 amide bonds. The molecule has 1 N–H and O–H groups in total. The summed E-state index contributed by atoms with van der Waals surface area (Å²) in [6.07, 6.45) is 5.21. The number of benzene rings is 1. The lowest BCUT2D eigenvalue weighted by Crippen LogP contribution is -2.46. The molecular formula is C23H28N2O5. The fraction of sp³-hybridized carbons (Fsp3) is 0.391. The van der Waals surface area contributed by atoms with Crippen molar-refractivity contribution < 1.29 is 23.5 Å². The Morgan fingerprint density at radius 2 is 2.00 bits per heavy atom. The largest absolute Gasteiger partial charge is 0.493 e. The molecule has 0 radical (unpaired) electrons. The van der Waals surface area contributed by atoms with E-state index in [4.69, 9.17) is 13.9 Å². The molecule has 2 aromatic rings. The van der Waals surface area contributed by atoms with Gasteiger partial charge in [-0.3, -0.25) is 9.59 Å². The minimum Gasteiger partial charge on any atom is -0.493 e. The first-order valence-electron chi connectivity index (χ1n) is 9.98. The summed E-state index contributed by atoms with van der Waals surface area (Å²) in [5.74, 6) is 1.21. The number of methoxy groups -OCH3 is 2. The Labute approximate surface area is 176 Å².